The van der Waals surface area contributed by atoms with Crippen molar-refractivity contribution in [3.63, 3.8) is 0 Å². The number of carbonyl (C=O) groups is 1. The first-order valence-corrected chi connectivity index (χ1v) is 13.4. The molecule has 0 aliphatic heterocycles. The average Bonchev–Trinajstić information content (AvgIpc) is 2.99. The largest absolute Gasteiger partial charge is 0.485 e. The van der Waals surface area contributed by atoms with Gasteiger partial charge < -0.3 is 19.5 Å². The van der Waals surface area contributed by atoms with Crippen molar-refractivity contribution in [1.29, 1.82) is 0 Å². The van der Waals surface area contributed by atoms with Gasteiger partial charge in [-0.3, -0.25) is 4.79 Å². The van der Waals surface area contributed by atoms with Gasteiger partial charge in [0.1, 0.15) is 19.8 Å². The number of anilines is 1. The molecule has 0 atom stereocenters. The molecule has 6 heteroatoms. The Morgan fingerprint density at radius 1 is 0.575 bits per heavy atom. The Kier molecular flexibility index (Phi) is 9.02. The lowest BCUT2D eigenvalue weighted by atomic mass is 10.1. The summed E-state index contributed by atoms with van der Waals surface area (Å²) in [5, 5.41) is 2.94. The molecule has 1 N–H and O–H groups in total. The van der Waals surface area contributed by atoms with Crippen LogP contribution in [0.3, 0.4) is 0 Å². The predicted octanol–water partition coefficient (Wildman–Crippen LogP) is 7.96. The molecule has 0 aliphatic carbocycles. The second kappa shape index (κ2) is 13.4. The minimum Gasteiger partial charge on any atom is -0.485 e. The van der Waals surface area contributed by atoms with Gasteiger partial charge in [0.05, 0.1) is 0 Å². The molecule has 5 rings (SSSR count). The number of benzene rings is 5. The summed E-state index contributed by atoms with van der Waals surface area (Å²) in [4.78, 5) is 14.1. The lowest BCUT2D eigenvalue weighted by molar-refractivity contribution is 0.102. The van der Waals surface area contributed by atoms with E-state index in [2.05, 4.69) is 17.9 Å². The van der Waals surface area contributed by atoms with Crippen LogP contribution in [0.15, 0.2) is 132 Å². The summed E-state index contributed by atoms with van der Waals surface area (Å²) in [5.41, 5.74) is 3.99. The quantitative estimate of drug-likeness (QED) is 0.165. The molecule has 0 unspecified atom stereocenters. The number of hydrogen-bond donors (Lipinski definition) is 2. The fraction of sp³-hybridized carbons (Fsp3) is 0.0882. The summed E-state index contributed by atoms with van der Waals surface area (Å²) in [6.07, 6.45) is 0. The molecule has 5 nitrogen and oxygen atoms in total. The standard InChI is InChI=1S/C34H29NO4S/c36-34(35-29-17-10-18-30(40)21-29)28-19-31(37-22-25-11-4-1-5-12-25)33(39-24-27-15-8-3-9-16-27)32(20-28)38-23-26-13-6-2-7-14-26/h1-21,40H,22-24H2,(H,35,36). The van der Waals surface area contributed by atoms with E-state index >= 15 is 0 Å². The van der Waals surface area contributed by atoms with E-state index in [1.54, 1.807) is 18.2 Å². The molecular formula is C34H29NO4S. The molecule has 200 valence electrons. The number of ether oxygens (including phenoxy) is 3. The minimum atomic E-state index is -0.303. The monoisotopic (exact) mass is 547 g/mol. The van der Waals surface area contributed by atoms with Crippen molar-refractivity contribution in [3.8, 4) is 17.2 Å². The smallest absolute Gasteiger partial charge is 0.255 e. The second-order valence-electron chi connectivity index (χ2n) is 9.13. The van der Waals surface area contributed by atoms with Gasteiger partial charge in [-0.25, -0.2) is 0 Å². The zero-order chi connectivity index (χ0) is 27.6. The van der Waals surface area contributed by atoms with Crippen LogP contribution in [0.25, 0.3) is 0 Å². The first-order valence-electron chi connectivity index (χ1n) is 12.9. The van der Waals surface area contributed by atoms with Gasteiger partial charge in [-0.2, -0.15) is 0 Å². The third-order valence-electron chi connectivity index (χ3n) is 6.09. The Morgan fingerprint density at radius 2 is 1.05 bits per heavy atom. The average molecular weight is 548 g/mol. The molecule has 0 aromatic heterocycles. The normalized spacial score (nSPS) is 10.5. The highest BCUT2D eigenvalue weighted by atomic mass is 32.1. The van der Waals surface area contributed by atoms with E-state index in [-0.39, 0.29) is 5.91 Å². The van der Waals surface area contributed by atoms with Crippen molar-refractivity contribution in [2.75, 3.05) is 5.32 Å². The second-order valence-corrected chi connectivity index (χ2v) is 9.65. The van der Waals surface area contributed by atoms with Crippen LogP contribution in [0.4, 0.5) is 5.69 Å². The molecule has 5 aromatic rings. The highest BCUT2D eigenvalue weighted by Gasteiger charge is 2.20. The maximum atomic E-state index is 13.4. The maximum absolute atomic E-state index is 13.4. The van der Waals surface area contributed by atoms with Crippen molar-refractivity contribution in [1.82, 2.24) is 0 Å². The van der Waals surface area contributed by atoms with Crippen LogP contribution < -0.4 is 19.5 Å². The van der Waals surface area contributed by atoms with Crippen LogP contribution in [0, 0.1) is 0 Å². The zero-order valence-corrected chi connectivity index (χ0v) is 22.7. The van der Waals surface area contributed by atoms with E-state index in [0.717, 1.165) is 21.6 Å². The van der Waals surface area contributed by atoms with E-state index < -0.39 is 0 Å². The van der Waals surface area contributed by atoms with Crippen molar-refractivity contribution >= 4 is 24.2 Å². The predicted molar refractivity (Wildman–Crippen MR) is 160 cm³/mol. The maximum Gasteiger partial charge on any atom is 0.255 e. The van der Waals surface area contributed by atoms with Crippen LogP contribution >= 0.6 is 12.6 Å². The first-order chi connectivity index (χ1) is 19.6. The Morgan fingerprint density at radius 3 is 1.52 bits per heavy atom. The summed E-state index contributed by atoms with van der Waals surface area (Å²) >= 11 is 4.38. The molecule has 0 fully saturated rings. The Labute approximate surface area is 239 Å². The van der Waals surface area contributed by atoms with Crippen LogP contribution in [0.2, 0.25) is 0 Å². The molecule has 0 heterocycles. The minimum absolute atomic E-state index is 0.299. The van der Waals surface area contributed by atoms with Crippen LogP contribution in [0.1, 0.15) is 27.0 Å². The number of thiol groups is 1. The number of hydrogen-bond acceptors (Lipinski definition) is 5. The number of rotatable bonds is 11. The van der Waals surface area contributed by atoms with Gasteiger partial charge in [0.2, 0.25) is 5.75 Å². The molecule has 0 bridgehead atoms. The third-order valence-corrected chi connectivity index (χ3v) is 6.37. The van der Waals surface area contributed by atoms with Crippen molar-refractivity contribution in [3.05, 3.63) is 150 Å². The van der Waals surface area contributed by atoms with Gasteiger partial charge in [-0.05, 0) is 47.0 Å². The van der Waals surface area contributed by atoms with Crippen LogP contribution in [-0.2, 0) is 19.8 Å². The van der Waals surface area contributed by atoms with E-state index in [1.807, 2.05) is 109 Å². The molecule has 5 aromatic carbocycles. The van der Waals surface area contributed by atoms with Crippen molar-refractivity contribution in [2.24, 2.45) is 0 Å². The summed E-state index contributed by atoms with van der Waals surface area (Å²) in [6, 6.07) is 40.2. The fourth-order valence-corrected chi connectivity index (χ4v) is 4.28. The van der Waals surface area contributed by atoms with Crippen molar-refractivity contribution < 1.29 is 19.0 Å². The van der Waals surface area contributed by atoms with Gasteiger partial charge in [0.15, 0.2) is 11.5 Å². The fourth-order valence-electron chi connectivity index (χ4n) is 4.05. The van der Waals surface area contributed by atoms with E-state index in [9.17, 15) is 4.79 Å². The lowest BCUT2D eigenvalue weighted by Crippen LogP contribution is -2.13. The van der Waals surface area contributed by atoms with Gasteiger partial charge in [0, 0.05) is 16.1 Å². The Bertz CT molecular complexity index is 1480. The molecule has 0 spiro atoms. The first kappa shape index (κ1) is 26.9. The van der Waals surface area contributed by atoms with Crippen molar-refractivity contribution in [2.45, 2.75) is 24.7 Å². The molecule has 0 aliphatic rings. The molecular weight excluding hydrogens is 518 g/mol. The Balaban J connectivity index is 1.50. The van der Waals surface area contributed by atoms with Gasteiger partial charge >= 0.3 is 0 Å². The summed E-state index contributed by atoms with van der Waals surface area (Å²) in [7, 11) is 0. The highest BCUT2D eigenvalue weighted by molar-refractivity contribution is 7.80. The topological polar surface area (TPSA) is 56.8 Å². The summed E-state index contributed by atoms with van der Waals surface area (Å²) in [6.45, 7) is 0.908. The lowest BCUT2D eigenvalue weighted by Gasteiger charge is -2.19. The van der Waals surface area contributed by atoms with E-state index in [1.165, 1.54) is 0 Å². The number of carbonyl (C=O) groups excluding carboxylic acids is 1. The molecule has 0 saturated carbocycles. The number of amides is 1. The van der Waals surface area contributed by atoms with Crippen LogP contribution in [-0.4, -0.2) is 5.91 Å². The summed E-state index contributed by atoms with van der Waals surface area (Å²) < 4.78 is 18.8. The molecule has 40 heavy (non-hydrogen) atoms. The van der Waals surface area contributed by atoms with Gasteiger partial charge in [0.25, 0.3) is 5.91 Å². The van der Waals surface area contributed by atoms with Gasteiger partial charge in [-0.15, -0.1) is 12.6 Å². The zero-order valence-electron chi connectivity index (χ0n) is 21.8. The molecule has 1 amide bonds. The Hall–Kier alpha value is -4.68. The number of nitrogens with one attached hydrogen (secondary N) is 1. The van der Waals surface area contributed by atoms with E-state index in [0.29, 0.717) is 48.3 Å². The SMILES string of the molecule is O=C(Nc1cccc(S)c1)c1cc(OCc2ccccc2)c(OCc2ccccc2)c(OCc2ccccc2)c1. The highest BCUT2D eigenvalue weighted by Crippen LogP contribution is 2.40. The van der Waals surface area contributed by atoms with Gasteiger partial charge in [-0.1, -0.05) is 97.1 Å². The molecule has 0 radical (unpaired) electrons. The summed E-state index contributed by atoms with van der Waals surface area (Å²) in [5.74, 6) is 0.962. The van der Waals surface area contributed by atoms with Crippen LogP contribution in [0.5, 0.6) is 17.2 Å². The molecule has 0 saturated heterocycles. The third kappa shape index (κ3) is 7.46. The van der Waals surface area contributed by atoms with E-state index in [4.69, 9.17) is 14.2 Å².